The van der Waals surface area contributed by atoms with Gasteiger partial charge in [0.25, 0.3) is 0 Å². The number of hydrogen-bond donors (Lipinski definition) is 0. The molecule has 0 N–H and O–H groups in total. The molecule has 0 radical (unpaired) electrons. The number of carbonyl (C=O) groups is 2. The molecule has 1 aromatic carbocycles. The first-order valence-corrected chi connectivity index (χ1v) is 10.0. The van der Waals surface area contributed by atoms with Crippen molar-refractivity contribution >= 4 is 11.9 Å². The fourth-order valence-electron chi connectivity index (χ4n) is 2.95. The van der Waals surface area contributed by atoms with Gasteiger partial charge in [0.15, 0.2) is 18.1 Å². The number of esters is 1. The molecule has 0 saturated heterocycles. The third kappa shape index (κ3) is 8.51. The predicted molar refractivity (Wildman–Crippen MR) is 103 cm³/mol. The van der Waals surface area contributed by atoms with Gasteiger partial charge in [-0.2, -0.15) is 13.2 Å². The Labute approximate surface area is 174 Å². The number of hydrogen-bond acceptors (Lipinski definition) is 5. The molecule has 0 atom stereocenters. The number of halogens is 3. The first-order valence-electron chi connectivity index (χ1n) is 10.0. The molecule has 0 aliphatic heterocycles. The first kappa shape index (κ1) is 23.8. The smallest absolute Gasteiger partial charge is 0.422 e. The maximum Gasteiger partial charge on any atom is 0.422 e. The van der Waals surface area contributed by atoms with Crippen molar-refractivity contribution in [2.24, 2.45) is 5.92 Å². The molecule has 0 heterocycles. The van der Waals surface area contributed by atoms with Gasteiger partial charge in [-0.25, -0.2) is 0 Å². The lowest BCUT2D eigenvalue weighted by atomic mass is 10.1. The Kier molecular flexibility index (Phi) is 8.80. The van der Waals surface area contributed by atoms with Crippen LogP contribution in [0.4, 0.5) is 13.2 Å². The zero-order chi connectivity index (χ0) is 22.1. The Morgan fingerprint density at radius 1 is 1.17 bits per heavy atom. The van der Waals surface area contributed by atoms with Crippen molar-refractivity contribution < 1.29 is 37.0 Å². The monoisotopic (exact) mass is 431 g/mol. The van der Waals surface area contributed by atoms with Crippen LogP contribution in [0.25, 0.3) is 0 Å². The topological polar surface area (TPSA) is 65.1 Å². The van der Waals surface area contributed by atoms with Crippen LogP contribution >= 0.6 is 0 Å². The Balaban J connectivity index is 1.92. The molecular formula is C21H28F3NO5. The van der Waals surface area contributed by atoms with Crippen molar-refractivity contribution in [2.45, 2.75) is 45.2 Å². The molecule has 0 unspecified atom stereocenters. The van der Waals surface area contributed by atoms with Crippen LogP contribution in [-0.2, 0) is 20.7 Å². The zero-order valence-corrected chi connectivity index (χ0v) is 17.3. The molecule has 1 aromatic rings. The minimum Gasteiger partial charge on any atom is -0.493 e. The van der Waals surface area contributed by atoms with Crippen molar-refractivity contribution in [3.8, 4) is 11.5 Å². The van der Waals surface area contributed by atoms with Gasteiger partial charge in [0.1, 0.15) is 0 Å². The van der Waals surface area contributed by atoms with Crippen molar-refractivity contribution in [2.75, 3.05) is 33.4 Å². The predicted octanol–water partition coefficient (Wildman–Crippen LogP) is 3.76. The van der Waals surface area contributed by atoms with Crippen LogP contribution in [0.1, 0.15) is 38.2 Å². The summed E-state index contributed by atoms with van der Waals surface area (Å²) in [6.07, 6.45) is -1.49. The normalized spacial score (nSPS) is 13.6. The number of rotatable bonds is 12. The molecule has 168 valence electrons. The van der Waals surface area contributed by atoms with Gasteiger partial charge in [-0.05, 0) is 49.8 Å². The molecular weight excluding hydrogens is 403 g/mol. The molecule has 1 aliphatic rings. The summed E-state index contributed by atoms with van der Waals surface area (Å²) in [4.78, 5) is 26.0. The van der Waals surface area contributed by atoms with Crippen molar-refractivity contribution in [1.29, 1.82) is 0 Å². The van der Waals surface area contributed by atoms with Gasteiger partial charge in [0.05, 0.1) is 20.1 Å². The van der Waals surface area contributed by atoms with Crippen LogP contribution in [0.5, 0.6) is 11.5 Å². The van der Waals surface area contributed by atoms with Crippen LogP contribution in [0.3, 0.4) is 0 Å². The van der Waals surface area contributed by atoms with Crippen LogP contribution in [-0.4, -0.2) is 56.4 Å². The van der Waals surface area contributed by atoms with E-state index < -0.39 is 12.8 Å². The standard InChI is InChI=1S/C21H28F3NO5/c1-3-29-20(27)10-11-25(13-16-4-5-16)19(26)9-7-15-6-8-17(18(12-15)28-2)30-14-21(22,23)24/h6,8,12,16H,3-5,7,9-11,13-14H2,1-2H3. The second-order valence-electron chi connectivity index (χ2n) is 7.23. The van der Waals surface area contributed by atoms with Gasteiger partial charge in [-0.1, -0.05) is 6.07 Å². The van der Waals surface area contributed by atoms with Crippen LogP contribution < -0.4 is 9.47 Å². The number of carbonyl (C=O) groups excluding carboxylic acids is 2. The van der Waals surface area contributed by atoms with E-state index in [-0.39, 0.29) is 36.2 Å². The number of methoxy groups -OCH3 is 1. The second-order valence-corrected chi connectivity index (χ2v) is 7.23. The highest BCUT2D eigenvalue weighted by Crippen LogP contribution is 2.31. The lowest BCUT2D eigenvalue weighted by Crippen LogP contribution is -2.35. The van der Waals surface area contributed by atoms with E-state index >= 15 is 0 Å². The fraction of sp³-hybridized carbons (Fsp3) is 0.619. The van der Waals surface area contributed by atoms with E-state index in [2.05, 4.69) is 0 Å². The number of nitrogens with zero attached hydrogens (tertiary/aromatic N) is 1. The third-order valence-electron chi connectivity index (χ3n) is 4.67. The zero-order valence-electron chi connectivity index (χ0n) is 17.3. The summed E-state index contributed by atoms with van der Waals surface area (Å²) < 4.78 is 51.9. The van der Waals surface area contributed by atoms with Gasteiger partial charge in [-0.3, -0.25) is 9.59 Å². The Morgan fingerprint density at radius 3 is 2.50 bits per heavy atom. The number of amides is 1. The summed E-state index contributed by atoms with van der Waals surface area (Å²) in [5, 5.41) is 0. The summed E-state index contributed by atoms with van der Waals surface area (Å²) in [7, 11) is 1.34. The van der Waals surface area contributed by atoms with Gasteiger partial charge in [0.2, 0.25) is 5.91 Å². The van der Waals surface area contributed by atoms with Gasteiger partial charge >= 0.3 is 12.1 Å². The molecule has 6 nitrogen and oxygen atoms in total. The van der Waals surface area contributed by atoms with Crippen molar-refractivity contribution in [3.05, 3.63) is 23.8 Å². The third-order valence-corrected chi connectivity index (χ3v) is 4.67. The summed E-state index contributed by atoms with van der Waals surface area (Å²) in [5.74, 6) is 0.269. The highest BCUT2D eigenvalue weighted by Gasteiger charge is 2.29. The molecule has 2 rings (SSSR count). The minimum atomic E-state index is -4.44. The van der Waals surface area contributed by atoms with Crippen molar-refractivity contribution in [3.63, 3.8) is 0 Å². The second kappa shape index (κ2) is 11.1. The summed E-state index contributed by atoms with van der Waals surface area (Å²) in [5.41, 5.74) is 0.747. The maximum atomic E-state index is 12.7. The lowest BCUT2D eigenvalue weighted by Gasteiger charge is -2.22. The highest BCUT2D eigenvalue weighted by atomic mass is 19.4. The Hall–Kier alpha value is -2.45. The number of ether oxygens (including phenoxy) is 3. The lowest BCUT2D eigenvalue weighted by molar-refractivity contribution is -0.153. The summed E-state index contributed by atoms with van der Waals surface area (Å²) in [6.45, 7) is 1.59. The fourth-order valence-corrected chi connectivity index (χ4v) is 2.95. The minimum absolute atomic E-state index is 0.00491. The molecule has 1 aliphatic carbocycles. The van der Waals surface area contributed by atoms with Crippen LogP contribution in [0, 0.1) is 5.92 Å². The molecule has 1 amide bonds. The quantitative estimate of drug-likeness (QED) is 0.472. The molecule has 1 saturated carbocycles. The number of benzene rings is 1. The van der Waals surface area contributed by atoms with Gasteiger partial charge in [0, 0.05) is 19.5 Å². The Morgan fingerprint density at radius 2 is 1.90 bits per heavy atom. The molecule has 30 heavy (non-hydrogen) atoms. The van der Waals surface area contributed by atoms with E-state index in [0.717, 1.165) is 18.4 Å². The average molecular weight is 431 g/mol. The number of aryl methyl sites for hydroxylation is 1. The van der Waals surface area contributed by atoms with E-state index in [1.54, 1.807) is 24.0 Å². The van der Waals surface area contributed by atoms with E-state index in [1.165, 1.54) is 13.2 Å². The SMILES string of the molecule is CCOC(=O)CCN(CC1CC1)C(=O)CCc1ccc(OCC(F)(F)F)c(OC)c1. The summed E-state index contributed by atoms with van der Waals surface area (Å²) >= 11 is 0. The maximum absolute atomic E-state index is 12.7. The van der Waals surface area contributed by atoms with E-state index in [1.807, 2.05) is 0 Å². The molecule has 0 bridgehead atoms. The summed E-state index contributed by atoms with van der Waals surface area (Å²) in [6, 6.07) is 4.60. The van der Waals surface area contributed by atoms with Crippen molar-refractivity contribution in [1.82, 2.24) is 4.90 Å². The first-order chi connectivity index (χ1) is 14.2. The molecule has 1 fully saturated rings. The average Bonchev–Trinajstić information content (AvgIpc) is 3.51. The molecule has 0 aromatic heterocycles. The van der Waals surface area contributed by atoms with Crippen LogP contribution in [0.15, 0.2) is 18.2 Å². The number of alkyl halides is 3. The molecule has 0 spiro atoms. The largest absolute Gasteiger partial charge is 0.493 e. The van der Waals surface area contributed by atoms with Gasteiger partial charge < -0.3 is 19.1 Å². The van der Waals surface area contributed by atoms with Crippen LogP contribution in [0.2, 0.25) is 0 Å². The van der Waals surface area contributed by atoms with E-state index in [9.17, 15) is 22.8 Å². The highest BCUT2D eigenvalue weighted by molar-refractivity contribution is 5.77. The molecule has 9 heteroatoms. The van der Waals surface area contributed by atoms with Gasteiger partial charge in [-0.15, -0.1) is 0 Å². The van der Waals surface area contributed by atoms with E-state index in [4.69, 9.17) is 14.2 Å². The Bertz CT molecular complexity index is 719. The van der Waals surface area contributed by atoms with E-state index in [0.29, 0.717) is 32.0 Å².